The van der Waals surface area contributed by atoms with Crippen LogP contribution in [0.15, 0.2) is 54.6 Å². The van der Waals surface area contributed by atoms with Gasteiger partial charge in [-0.3, -0.25) is 4.79 Å². The Bertz CT molecular complexity index is 1190. The molecule has 0 saturated carbocycles. The lowest BCUT2D eigenvalue weighted by atomic mass is 9.89. The smallest absolute Gasteiger partial charge is 0.435 e. The third-order valence-electron chi connectivity index (χ3n) is 5.91. The second kappa shape index (κ2) is 10.4. The van der Waals surface area contributed by atoms with Gasteiger partial charge in [0.15, 0.2) is 5.69 Å². The molecule has 2 N–H and O–H groups in total. The minimum atomic E-state index is -4.55. The molecule has 4 rings (SSSR count). The Morgan fingerprint density at radius 1 is 1.03 bits per heavy atom. The van der Waals surface area contributed by atoms with E-state index in [0.29, 0.717) is 35.8 Å². The monoisotopic (exact) mass is 500 g/mol. The number of anilines is 1. The molecule has 0 bridgehead atoms. The Hall–Kier alpha value is -3.82. The molecule has 10 heteroatoms. The number of halogens is 3. The number of amides is 1. The maximum Gasteiger partial charge on any atom is 0.435 e. The molecule has 1 aromatic heterocycles. The summed E-state index contributed by atoms with van der Waals surface area (Å²) >= 11 is 0. The number of piperidine rings is 1. The van der Waals surface area contributed by atoms with Gasteiger partial charge in [-0.15, -0.1) is 10.2 Å². The molecule has 7 nitrogen and oxygen atoms in total. The number of ether oxygens (including phenoxy) is 2. The van der Waals surface area contributed by atoms with Crippen molar-refractivity contribution in [2.45, 2.75) is 44.9 Å². The average Bonchev–Trinajstić information content (AvgIpc) is 2.85. The Morgan fingerprint density at radius 2 is 1.72 bits per heavy atom. The summed E-state index contributed by atoms with van der Waals surface area (Å²) in [6.07, 6.45) is -2.94. The van der Waals surface area contributed by atoms with E-state index in [4.69, 9.17) is 15.2 Å². The molecular weight excluding hydrogens is 473 g/mol. The van der Waals surface area contributed by atoms with Gasteiger partial charge in [0.2, 0.25) is 5.88 Å². The predicted octanol–water partition coefficient (Wildman–Crippen LogP) is 5.68. The number of carbonyl (C=O) groups is 1. The lowest BCUT2D eigenvalue weighted by Gasteiger charge is -2.32. The maximum absolute atomic E-state index is 13.0. The number of benzene rings is 2. The highest BCUT2D eigenvalue weighted by Crippen LogP contribution is 2.32. The molecule has 2 heterocycles. The highest BCUT2D eigenvalue weighted by atomic mass is 19.4. The van der Waals surface area contributed by atoms with Crippen LogP contribution in [0.4, 0.5) is 18.9 Å². The number of hydrogen-bond acceptors (Lipinski definition) is 6. The fourth-order valence-corrected chi connectivity index (χ4v) is 4.10. The van der Waals surface area contributed by atoms with E-state index in [2.05, 4.69) is 10.2 Å². The zero-order chi connectivity index (χ0) is 25.9. The number of hydrogen-bond donors (Lipinski definition) is 1. The Morgan fingerprint density at radius 3 is 2.28 bits per heavy atom. The third-order valence-corrected chi connectivity index (χ3v) is 5.91. The van der Waals surface area contributed by atoms with Crippen molar-refractivity contribution < 1.29 is 27.4 Å². The first kappa shape index (κ1) is 25.3. The zero-order valence-electron chi connectivity index (χ0n) is 20.0. The standard InChI is InChI=1S/C26H27F3N4O3/c1-16(2)35-22-8-5-19(15-21(22)30)25(34)33-13-11-18(12-14-33)17-3-6-20(7-4-17)36-24-10-9-23(31-32-24)26(27,28)29/h3-10,15-16,18H,11-14,30H2,1-2H3. The van der Waals surface area contributed by atoms with Gasteiger partial charge in [-0.25, -0.2) is 0 Å². The molecule has 1 saturated heterocycles. The van der Waals surface area contributed by atoms with Gasteiger partial charge in [-0.2, -0.15) is 13.2 Å². The molecule has 0 atom stereocenters. The minimum Gasteiger partial charge on any atom is -0.489 e. The van der Waals surface area contributed by atoms with E-state index in [0.717, 1.165) is 30.5 Å². The summed E-state index contributed by atoms with van der Waals surface area (Å²) in [6.45, 7) is 5.06. The third kappa shape index (κ3) is 6.05. The summed E-state index contributed by atoms with van der Waals surface area (Å²) in [6, 6.07) is 14.4. The molecule has 1 amide bonds. The van der Waals surface area contributed by atoms with Crippen LogP contribution in [0.25, 0.3) is 0 Å². The number of nitrogens with zero attached hydrogens (tertiary/aromatic N) is 3. The Kier molecular flexibility index (Phi) is 7.32. The predicted molar refractivity (Wildman–Crippen MR) is 128 cm³/mol. The molecular formula is C26H27F3N4O3. The van der Waals surface area contributed by atoms with Gasteiger partial charge in [0.1, 0.15) is 11.5 Å². The zero-order valence-corrected chi connectivity index (χ0v) is 20.0. The molecule has 3 aromatic rings. The van der Waals surface area contributed by atoms with Gasteiger partial charge < -0.3 is 20.1 Å². The molecule has 0 aliphatic carbocycles. The number of rotatable bonds is 6. The van der Waals surface area contributed by atoms with Gasteiger partial charge in [0, 0.05) is 24.7 Å². The molecule has 1 fully saturated rings. The van der Waals surface area contributed by atoms with E-state index < -0.39 is 11.9 Å². The van der Waals surface area contributed by atoms with Crippen LogP contribution in [0, 0.1) is 0 Å². The average molecular weight is 501 g/mol. The lowest BCUT2D eigenvalue weighted by molar-refractivity contribution is -0.141. The van der Waals surface area contributed by atoms with Crippen molar-refractivity contribution in [1.82, 2.24) is 15.1 Å². The van der Waals surface area contributed by atoms with Crippen LogP contribution < -0.4 is 15.2 Å². The summed E-state index contributed by atoms with van der Waals surface area (Å²) in [5, 5.41) is 6.64. The van der Waals surface area contributed by atoms with Crippen molar-refractivity contribution in [1.29, 1.82) is 0 Å². The van der Waals surface area contributed by atoms with Gasteiger partial charge in [0.05, 0.1) is 11.8 Å². The highest BCUT2D eigenvalue weighted by molar-refractivity contribution is 5.95. The molecule has 36 heavy (non-hydrogen) atoms. The van der Waals surface area contributed by atoms with Crippen LogP contribution in [0.2, 0.25) is 0 Å². The lowest BCUT2D eigenvalue weighted by Crippen LogP contribution is -2.37. The van der Waals surface area contributed by atoms with E-state index in [9.17, 15) is 18.0 Å². The number of nitrogen functional groups attached to an aromatic ring is 1. The summed E-state index contributed by atoms with van der Waals surface area (Å²) in [5.41, 5.74) is 7.07. The van der Waals surface area contributed by atoms with Crippen molar-refractivity contribution in [3.8, 4) is 17.4 Å². The minimum absolute atomic E-state index is 0.00741. The molecule has 1 aliphatic heterocycles. The Labute approximate surface area is 207 Å². The topological polar surface area (TPSA) is 90.6 Å². The maximum atomic E-state index is 13.0. The first-order chi connectivity index (χ1) is 17.1. The SMILES string of the molecule is CC(C)Oc1ccc(C(=O)N2CCC(c3ccc(Oc4ccc(C(F)(F)F)nn4)cc3)CC2)cc1N. The highest BCUT2D eigenvalue weighted by Gasteiger charge is 2.33. The van der Waals surface area contributed by atoms with Gasteiger partial charge in [-0.1, -0.05) is 12.1 Å². The number of nitrogens with two attached hydrogens (primary N) is 1. The van der Waals surface area contributed by atoms with E-state index in [1.54, 1.807) is 30.3 Å². The van der Waals surface area contributed by atoms with Crippen molar-refractivity contribution in [3.63, 3.8) is 0 Å². The number of aromatic nitrogens is 2. The first-order valence-electron chi connectivity index (χ1n) is 11.6. The second-order valence-corrected chi connectivity index (χ2v) is 8.91. The molecule has 0 unspecified atom stereocenters. The number of likely N-dealkylation sites (tertiary alicyclic amines) is 1. The van der Waals surface area contributed by atoms with Crippen LogP contribution in [0.3, 0.4) is 0 Å². The quantitative estimate of drug-likeness (QED) is 0.438. The van der Waals surface area contributed by atoms with Crippen LogP contribution in [0.5, 0.6) is 17.4 Å². The van der Waals surface area contributed by atoms with E-state index >= 15 is 0 Å². The second-order valence-electron chi connectivity index (χ2n) is 8.91. The Balaban J connectivity index is 1.32. The number of carbonyl (C=O) groups excluding carboxylic acids is 1. The van der Waals surface area contributed by atoms with E-state index in [1.807, 2.05) is 30.9 Å². The molecule has 0 spiro atoms. The number of alkyl halides is 3. The van der Waals surface area contributed by atoms with Crippen molar-refractivity contribution in [2.24, 2.45) is 0 Å². The first-order valence-corrected chi connectivity index (χ1v) is 11.6. The largest absolute Gasteiger partial charge is 0.489 e. The molecule has 2 aromatic carbocycles. The van der Waals surface area contributed by atoms with Crippen LogP contribution >= 0.6 is 0 Å². The van der Waals surface area contributed by atoms with Crippen LogP contribution in [-0.4, -0.2) is 40.2 Å². The van der Waals surface area contributed by atoms with Gasteiger partial charge >= 0.3 is 6.18 Å². The fraction of sp³-hybridized carbons (Fsp3) is 0.346. The van der Waals surface area contributed by atoms with Crippen molar-refractivity contribution >= 4 is 11.6 Å². The molecule has 1 aliphatic rings. The van der Waals surface area contributed by atoms with Crippen molar-refractivity contribution in [2.75, 3.05) is 18.8 Å². The summed E-state index contributed by atoms with van der Waals surface area (Å²) in [5.74, 6) is 1.21. The summed E-state index contributed by atoms with van der Waals surface area (Å²) in [7, 11) is 0. The van der Waals surface area contributed by atoms with Gasteiger partial charge in [0.25, 0.3) is 5.91 Å². The van der Waals surface area contributed by atoms with Gasteiger partial charge in [-0.05, 0) is 74.6 Å². The normalized spacial score (nSPS) is 14.7. The van der Waals surface area contributed by atoms with E-state index in [1.165, 1.54) is 0 Å². The summed E-state index contributed by atoms with van der Waals surface area (Å²) < 4.78 is 49.0. The molecule has 0 radical (unpaired) electrons. The van der Waals surface area contributed by atoms with Crippen LogP contribution in [0.1, 0.15) is 54.2 Å². The van der Waals surface area contributed by atoms with E-state index in [-0.39, 0.29) is 23.8 Å². The fourth-order valence-electron chi connectivity index (χ4n) is 4.10. The van der Waals surface area contributed by atoms with Crippen LogP contribution in [-0.2, 0) is 6.18 Å². The van der Waals surface area contributed by atoms with Crippen molar-refractivity contribution in [3.05, 3.63) is 71.4 Å². The molecule has 190 valence electrons. The summed E-state index contributed by atoms with van der Waals surface area (Å²) in [4.78, 5) is 14.8.